The summed E-state index contributed by atoms with van der Waals surface area (Å²) in [6, 6.07) is 8.24. The first-order chi connectivity index (χ1) is 7.51. The molecule has 0 saturated heterocycles. The third-order valence-electron chi connectivity index (χ3n) is 3.32. The van der Waals surface area contributed by atoms with Crippen LogP contribution in [0.15, 0.2) is 24.3 Å². The summed E-state index contributed by atoms with van der Waals surface area (Å²) in [4.78, 5) is 11.0. The molecule has 1 aromatic carbocycles. The molecule has 3 nitrogen and oxygen atoms in total. The predicted octanol–water partition coefficient (Wildman–Crippen LogP) is 2.34. The average Bonchev–Trinajstić information content (AvgIpc) is 2.63. The lowest BCUT2D eigenvalue weighted by Crippen LogP contribution is -2.45. The zero-order chi connectivity index (χ0) is 11.8. The van der Waals surface area contributed by atoms with E-state index in [9.17, 15) is 4.79 Å². The maximum absolute atomic E-state index is 11.0. The number of hydrogen-bond donors (Lipinski definition) is 2. The zero-order valence-corrected chi connectivity index (χ0v) is 11.0. The number of carboxylic acids is 1. The van der Waals surface area contributed by atoms with Gasteiger partial charge in [-0.15, -0.1) is 0 Å². The molecule has 0 aromatic heterocycles. The van der Waals surface area contributed by atoms with E-state index in [2.05, 4.69) is 34.7 Å². The number of aliphatic carboxylic acids is 1. The van der Waals surface area contributed by atoms with E-state index in [-0.39, 0.29) is 5.92 Å². The summed E-state index contributed by atoms with van der Waals surface area (Å²) in [5.41, 5.74) is 6.04. The minimum absolute atomic E-state index is 0.290. The summed E-state index contributed by atoms with van der Waals surface area (Å²) >= 11 is 2.26. The van der Waals surface area contributed by atoms with Gasteiger partial charge in [-0.05, 0) is 65.5 Å². The molecule has 1 saturated carbocycles. The molecular weight excluding hydrogens is 317 g/mol. The van der Waals surface area contributed by atoms with Crippen molar-refractivity contribution in [3.63, 3.8) is 0 Å². The number of benzene rings is 1. The molecule has 0 heterocycles. The number of carbonyl (C=O) groups is 1. The quantitative estimate of drug-likeness (QED) is 0.818. The van der Waals surface area contributed by atoms with Gasteiger partial charge in [-0.1, -0.05) is 12.1 Å². The Hall–Kier alpha value is -0.620. The third-order valence-corrected chi connectivity index (χ3v) is 4.04. The number of halogens is 1. The maximum Gasteiger partial charge on any atom is 0.323 e. The van der Waals surface area contributed by atoms with Crippen LogP contribution in [0.25, 0.3) is 0 Å². The Morgan fingerprint density at radius 3 is 2.56 bits per heavy atom. The van der Waals surface area contributed by atoms with E-state index < -0.39 is 11.5 Å². The van der Waals surface area contributed by atoms with Gasteiger partial charge in [-0.2, -0.15) is 0 Å². The minimum Gasteiger partial charge on any atom is -0.480 e. The van der Waals surface area contributed by atoms with Crippen LogP contribution in [0.5, 0.6) is 0 Å². The first-order valence-corrected chi connectivity index (χ1v) is 6.37. The van der Waals surface area contributed by atoms with Gasteiger partial charge in [0.15, 0.2) is 0 Å². The van der Waals surface area contributed by atoms with Crippen molar-refractivity contribution in [2.24, 2.45) is 5.73 Å². The van der Waals surface area contributed by atoms with E-state index in [4.69, 9.17) is 10.8 Å². The van der Waals surface area contributed by atoms with Crippen molar-refractivity contribution in [1.82, 2.24) is 0 Å². The summed E-state index contributed by atoms with van der Waals surface area (Å²) in [5, 5.41) is 9.06. The van der Waals surface area contributed by atoms with Crippen LogP contribution in [0.3, 0.4) is 0 Å². The van der Waals surface area contributed by atoms with E-state index in [1.807, 2.05) is 12.1 Å². The fourth-order valence-corrected chi connectivity index (χ4v) is 2.65. The summed E-state index contributed by atoms with van der Waals surface area (Å²) < 4.78 is 1.19. The summed E-state index contributed by atoms with van der Waals surface area (Å²) in [6.45, 7) is 0. The van der Waals surface area contributed by atoms with E-state index in [0.717, 1.165) is 6.42 Å². The molecule has 3 N–H and O–H groups in total. The van der Waals surface area contributed by atoms with Crippen LogP contribution < -0.4 is 5.73 Å². The molecular formula is C12H14INO2. The standard InChI is InChI=1S/C12H14INO2/c13-10-3-1-8(2-4-10)9-5-6-12(14,7-9)11(15)16/h1-4,9H,5-7,14H2,(H,15,16). The molecule has 2 unspecified atom stereocenters. The molecule has 1 aliphatic carbocycles. The highest BCUT2D eigenvalue weighted by Gasteiger charge is 2.42. The molecule has 2 rings (SSSR count). The van der Waals surface area contributed by atoms with Crippen molar-refractivity contribution in [2.45, 2.75) is 30.7 Å². The molecule has 0 radical (unpaired) electrons. The lowest BCUT2D eigenvalue weighted by molar-refractivity contribution is -0.143. The summed E-state index contributed by atoms with van der Waals surface area (Å²) in [7, 11) is 0. The van der Waals surface area contributed by atoms with Gasteiger partial charge in [0.05, 0.1) is 0 Å². The van der Waals surface area contributed by atoms with Crippen LogP contribution in [0.1, 0.15) is 30.7 Å². The molecule has 0 bridgehead atoms. The monoisotopic (exact) mass is 331 g/mol. The molecule has 0 spiro atoms. The second kappa shape index (κ2) is 4.33. The van der Waals surface area contributed by atoms with Gasteiger partial charge in [0, 0.05) is 3.57 Å². The first kappa shape index (κ1) is 11.9. The Morgan fingerprint density at radius 1 is 1.44 bits per heavy atom. The Morgan fingerprint density at radius 2 is 2.06 bits per heavy atom. The second-order valence-electron chi connectivity index (χ2n) is 4.45. The highest BCUT2D eigenvalue weighted by molar-refractivity contribution is 14.1. The van der Waals surface area contributed by atoms with Gasteiger partial charge in [0.2, 0.25) is 0 Å². The normalized spacial score (nSPS) is 29.2. The number of nitrogens with two attached hydrogens (primary N) is 1. The number of rotatable bonds is 2. The van der Waals surface area contributed by atoms with E-state index >= 15 is 0 Å². The van der Waals surface area contributed by atoms with Crippen LogP contribution in [0, 0.1) is 3.57 Å². The smallest absolute Gasteiger partial charge is 0.323 e. The molecule has 4 heteroatoms. The van der Waals surface area contributed by atoms with Crippen molar-refractivity contribution >= 4 is 28.6 Å². The van der Waals surface area contributed by atoms with Gasteiger partial charge < -0.3 is 10.8 Å². The molecule has 0 aliphatic heterocycles. The molecule has 86 valence electrons. The van der Waals surface area contributed by atoms with Gasteiger partial charge in [-0.3, -0.25) is 4.79 Å². The first-order valence-electron chi connectivity index (χ1n) is 5.29. The highest BCUT2D eigenvalue weighted by atomic mass is 127. The SMILES string of the molecule is NC1(C(=O)O)CCC(c2ccc(I)cc2)C1. The number of carboxylic acid groups (broad SMARTS) is 1. The zero-order valence-electron chi connectivity index (χ0n) is 8.82. The largest absolute Gasteiger partial charge is 0.480 e. The van der Waals surface area contributed by atoms with E-state index in [1.54, 1.807) is 0 Å². The van der Waals surface area contributed by atoms with Crippen LogP contribution in [0.4, 0.5) is 0 Å². The fraction of sp³-hybridized carbons (Fsp3) is 0.417. The lowest BCUT2D eigenvalue weighted by Gasteiger charge is -2.18. The molecule has 2 atom stereocenters. The van der Waals surface area contributed by atoms with Crippen LogP contribution >= 0.6 is 22.6 Å². The van der Waals surface area contributed by atoms with Gasteiger partial charge in [0.1, 0.15) is 5.54 Å². The lowest BCUT2D eigenvalue weighted by atomic mass is 9.93. The van der Waals surface area contributed by atoms with Crippen LogP contribution in [0.2, 0.25) is 0 Å². The topological polar surface area (TPSA) is 63.3 Å². The van der Waals surface area contributed by atoms with Gasteiger partial charge in [-0.25, -0.2) is 0 Å². The van der Waals surface area contributed by atoms with Crippen molar-refractivity contribution < 1.29 is 9.90 Å². The summed E-state index contributed by atoms with van der Waals surface area (Å²) in [5.74, 6) is -0.585. The molecule has 1 fully saturated rings. The average molecular weight is 331 g/mol. The minimum atomic E-state index is -1.02. The van der Waals surface area contributed by atoms with Crippen LogP contribution in [-0.2, 0) is 4.79 Å². The molecule has 0 amide bonds. The molecule has 1 aliphatic rings. The van der Waals surface area contributed by atoms with Gasteiger partial charge in [0.25, 0.3) is 0 Å². The van der Waals surface area contributed by atoms with E-state index in [0.29, 0.717) is 12.8 Å². The van der Waals surface area contributed by atoms with Crippen molar-refractivity contribution in [2.75, 3.05) is 0 Å². The number of hydrogen-bond acceptors (Lipinski definition) is 2. The predicted molar refractivity (Wildman–Crippen MR) is 70.3 cm³/mol. The third kappa shape index (κ3) is 2.22. The Bertz CT molecular complexity index is 404. The van der Waals surface area contributed by atoms with Crippen molar-refractivity contribution in [1.29, 1.82) is 0 Å². The van der Waals surface area contributed by atoms with Crippen molar-refractivity contribution in [3.05, 3.63) is 33.4 Å². The molecule has 1 aromatic rings. The maximum atomic E-state index is 11.0. The summed E-state index contributed by atoms with van der Waals surface area (Å²) in [6.07, 6.45) is 1.98. The Balaban J connectivity index is 2.15. The van der Waals surface area contributed by atoms with Crippen LogP contribution in [-0.4, -0.2) is 16.6 Å². The molecule has 16 heavy (non-hydrogen) atoms. The van der Waals surface area contributed by atoms with E-state index in [1.165, 1.54) is 9.13 Å². The Kier molecular flexibility index (Phi) is 3.21. The fourth-order valence-electron chi connectivity index (χ4n) is 2.29. The Labute approximate surface area is 108 Å². The second-order valence-corrected chi connectivity index (χ2v) is 5.70. The van der Waals surface area contributed by atoms with Gasteiger partial charge >= 0.3 is 5.97 Å². The highest BCUT2D eigenvalue weighted by Crippen LogP contribution is 2.39. The van der Waals surface area contributed by atoms with Crippen molar-refractivity contribution in [3.8, 4) is 0 Å².